The largest absolute Gasteiger partial charge is 0.346 e. The molecule has 5 heteroatoms. The van der Waals surface area contributed by atoms with Crippen LogP contribution < -0.4 is 16.4 Å². The van der Waals surface area contributed by atoms with Crippen molar-refractivity contribution in [3.05, 3.63) is 0 Å². The molecule has 0 saturated carbocycles. The zero-order chi connectivity index (χ0) is 11.7. The lowest BCUT2D eigenvalue weighted by atomic mass is 10.1. The van der Waals surface area contributed by atoms with E-state index in [9.17, 15) is 9.59 Å². The molecule has 0 radical (unpaired) electrons. The van der Waals surface area contributed by atoms with E-state index in [4.69, 9.17) is 5.73 Å². The molecule has 0 rings (SSSR count). The Morgan fingerprint density at radius 2 is 2.07 bits per heavy atom. The molecule has 0 aromatic heterocycles. The lowest BCUT2D eigenvalue weighted by molar-refractivity contribution is -0.126. The van der Waals surface area contributed by atoms with Gasteiger partial charge in [0.15, 0.2) is 5.78 Å². The van der Waals surface area contributed by atoms with Crippen LogP contribution in [0.1, 0.15) is 26.7 Å². The number of carbonyl (C=O) groups is 2. The van der Waals surface area contributed by atoms with Crippen molar-refractivity contribution >= 4 is 11.7 Å². The van der Waals surface area contributed by atoms with E-state index in [1.54, 1.807) is 0 Å². The number of amides is 1. The molecule has 4 N–H and O–H groups in total. The van der Waals surface area contributed by atoms with Gasteiger partial charge in [-0.15, -0.1) is 0 Å². The molecular weight excluding hydrogens is 194 g/mol. The number of likely N-dealkylation sites (N-methyl/N-ethyl adjacent to an activating group) is 1. The van der Waals surface area contributed by atoms with Crippen LogP contribution in [-0.2, 0) is 9.59 Å². The van der Waals surface area contributed by atoms with Crippen molar-refractivity contribution in [2.45, 2.75) is 32.7 Å². The molecule has 0 spiro atoms. The molecule has 15 heavy (non-hydrogen) atoms. The van der Waals surface area contributed by atoms with Gasteiger partial charge in [-0.2, -0.15) is 0 Å². The van der Waals surface area contributed by atoms with Crippen molar-refractivity contribution in [2.75, 3.05) is 19.6 Å². The summed E-state index contributed by atoms with van der Waals surface area (Å²) in [6.45, 7) is 4.92. The van der Waals surface area contributed by atoms with Gasteiger partial charge < -0.3 is 16.4 Å². The highest BCUT2D eigenvalue weighted by molar-refractivity contribution is 5.89. The molecule has 0 aliphatic carbocycles. The summed E-state index contributed by atoms with van der Waals surface area (Å²) in [5.41, 5.74) is 5.37. The van der Waals surface area contributed by atoms with Crippen LogP contribution in [0.2, 0.25) is 0 Å². The summed E-state index contributed by atoms with van der Waals surface area (Å²) in [6, 6.07) is -0.398. The SMILES string of the molecule is CCNCC(=O)C(CCCN)NC(C)=O. The van der Waals surface area contributed by atoms with Crippen molar-refractivity contribution in [1.29, 1.82) is 0 Å². The summed E-state index contributed by atoms with van der Waals surface area (Å²) in [5, 5.41) is 5.59. The number of ketones is 1. The average Bonchev–Trinajstić information content (AvgIpc) is 2.20. The van der Waals surface area contributed by atoms with Gasteiger partial charge in [-0.05, 0) is 25.9 Å². The number of hydrogen-bond donors (Lipinski definition) is 3. The van der Waals surface area contributed by atoms with Gasteiger partial charge in [-0.1, -0.05) is 6.92 Å². The van der Waals surface area contributed by atoms with Crippen molar-refractivity contribution in [3.8, 4) is 0 Å². The van der Waals surface area contributed by atoms with E-state index in [2.05, 4.69) is 10.6 Å². The number of hydrogen-bond acceptors (Lipinski definition) is 4. The maximum atomic E-state index is 11.6. The standard InChI is InChI=1S/C10H21N3O2/c1-3-12-7-10(15)9(5-4-6-11)13-8(2)14/h9,12H,3-7,11H2,1-2H3,(H,13,14). The Balaban J connectivity index is 4.07. The first-order valence-corrected chi connectivity index (χ1v) is 5.32. The van der Waals surface area contributed by atoms with Crippen LogP contribution in [0.15, 0.2) is 0 Å². The monoisotopic (exact) mass is 215 g/mol. The smallest absolute Gasteiger partial charge is 0.217 e. The van der Waals surface area contributed by atoms with Crippen molar-refractivity contribution in [2.24, 2.45) is 5.73 Å². The maximum Gasteiger partial charge on any atom is 0.217 e. The molecule has 0 aromatic rings. The molecule has 1 amide bonds. The van der Waals surface area contributed by atoms with E-state index in [1.807, 2.05) is 6.92 Å². The molecule has 0 bridgehead atoms. The zero-order valence-corrected chi connectivity index (χ0v) is 9.51. The molecule has 0 saturated heterocycles. The van der Waals surface area contributed by atoms with Crippen LogP contribution >= 0.6 is 0 Å². The highest BCUT2D eigenvalue weighted by Gasteiger charge is 2.17. The Kier molecular flexibility index (Phi) is 7.85. The lowest BCUT2D eigenvalue weighted by Gasteiger charge is -2.16. The van der Waals surface area contributed by atoms with E-state index in [1.165, 1.54) is 6.92 Å². The molecule has 0 aromatic carbocycles. The fourth-order valence-electron chi connectivity index (χ4n) is 1.25. The minimum atomic E-state index is -0.398. The van der Waals surface area contributed by atoms with E-state index in [0.29, 0.717) is 19.5 Å². The third-order valence-electron chi connectivity index (χ3n) is 2.01. The molecule has 0 aliphatic heterocycles. The molecular formula is C10H21N3O2. The average molecular weight is 215 g/mol. The molecule has 0 heterocycles. The highest BCUT2D eigenvalue weighted by atomic mass is 16.2. The fourth-order valence-corrected chi connectivity index (χ4v) is 1.25. The molecule has 1 atom stereocenters. The second-order valence-electron chi connectivity index (χ2n) is 3.43. The summed E-state index contributed by atoms with van der Waals surface area (Å²) in [6.07, 6.45) is 1.35. The van der Waals surface area contributed by atoms with Crippen molar-refractivity contribution in [1.82, 2.24) is 10.6 Å². The van der Waals surface area contributed by atoms with Crippen molar-refractivity contribution < 1.29 is 9.59 Å². The molecule has 0 aliphatic rings. The van der Waals surface area contributed by atoms with Crippen LogP contribution in [0, 0.1) is 0 Å². The van der Waals surface area contributed by atoms with Crippen LogP contribution in [0.4, 0.5) is 0 Å². The van der Waals surface area contributed by atoms with Gasteiger partial charge in [0.2, 0.25) is 5.91 Å². The minimum Gasteiger partial charge on any atom is -0.346 e. The molecule has 5 nitrogen and oxygen atoms in total. The number of carbonyl (C=O) groups excluding carboxylic acids is 2. The van der Waals surface area contributed by atoms with Gasteiger partial charge in [-0.25, -0.2) is 0 Å². The molecule has 1 unspecified atom stereocenters. The van der Waals surface area contributed by atoms with Gasteiger partial charge in [0, 0.05) is 6.92 Å². The Labute approximate surface area is 90.8 Å². The number of Topliss-reactive ketones (excluding diaryl/α,β-unsaturated/α-hetero) is 1. The van der Waals surface area contributed by atoms with E-state index in [0.717, 1.165) is 13.0 Å². The molecule has 0 fully saturated rings. The number of nitrogens with one attached hydrogen (secondary N) is 2. The maximum absolute atomic E-state index is 11.6. The zero-order valence-electron chi connectivity index (χ0n) is 9.51. The summed E-state index contributed by atoms with van der Waals surface area (Å²) >= 11 is 0. The van der Waals surface area contributed by atoms with Gasteiger partial charge in [-0.3, -0.25) is 9.59 Å². The first kappa shape index (κ1) is 14.1. The molecule has 88 valence electrons. The normalized spacial score (nSPS) is 12.2. The predicted octanol–water partition coefficient (Wildman–Crippen LogP) is -0.591. The Hall–Kier alpha value is -0.940. The van der Waals surface area contributed by atoms with E-state index >= 15 is 0 Å². The summed E-state index contributed by atoms with van der Waals surface area (Å²) in [7, 11) is 0. The van der Waals surface area contributed by atoms with Gasteiger partial charge >= 0.3 is 0 Å². The fraction of sp³-hybridized carbons (Fsp3) is 0.800. The van der Waals surface area contributed by atoms with Crippen LogP contribution in [0.5, 0.6) is 0 Å². The van der Waals surface area contributed by atoms with E-state index in [-0.39, 0.29) is 11.7 Å². The first-order chi connectivity index (χ1) is 7.11. The Morgan fingerprint density at radius 1 is 1.40 bits per heavy atom. The summed E-state index contributed by atoms with van der Waals surface area (Å²) in [5.74, 6) is -0.164. The van der Waals surface area contributed by atoms with E-state index < -0.39 is 6.04 Å². The second-order valence-corrected chi connectivity index (χ2v) is 3.43. The van der Waals surface area contributed by atoms with Gasteiger partial charge in [0.1, 0.15) is 0 Å². The van der Waals surface area contributed by atoms with Crippen LogP contribution in [0.25, 0.3) is 0 Å². The Morgan fingerprint density at radius 3 is 2.53 bits per heavy atom. The Bertz CT molecular complexity index is 207. The van der Waals surface area contributed by atoms with Crippen LogP contribution in [-0.4, -0.2) is 37.4 Å². The third-order valence-corrected chi connectivity index (χ3v) is 2.01. The summed E-state index contributed by atoms with van der Waals surface area (Å²) < 4.78 is 0. The van der Waals surface area contributed by atoms with Crippen LogP contribution in [0.3, 0.4) is 0 Å². The second kappa shape index (κ2) is 8.38. The quantitative estimate of drug-likeness (QED) is 0.505. The minimum absolute atomic E-state index is 0.0144. The van der Waals surface area contributed by atoms with Gasteiger partial charge in [0.05, 0.1) is 12.6 Å². The number of nitrogens with two attached hydrogens (primary N) is 1. The van der Waals surface area contributed by atoms with Crippen molar-refractivity contribution in [3.63, 3.8) is 0 Å². The van der Waals surface area contributed by atoms with Gasteiger partial charge in [0.25, 0.3) is 0 Å². The topological polar surface area (TPSA) is 84.2 Å². The lowest BCUT2D eigenvalue weighted by Crippen LogP contribution is -2.43. The predicted molar refractivity (Wildman–Crippen MR) is 59.4 cm³/mol. The summed E-state index contributed by atoms with van der Waals surface area (Å²) in [4.78, 5) is 22.5. The first-order valence-electron chi connectivity index (χ1n) is 5.32. The number of rotatable bonds is 8. The third kappa shape index (κ3) is 7.04. The highest BCUT2D eigenvalue weighted by Crippen LogP contribution is 1.97.